The SMILES string of the molecule is CCCC(C(=O)[N+]1([O-])CCSCC1)n1c[c]nc1C. The number of hydroxylamine groups is 3. The van der Waals surface area contributed by atoms with Crippen molar-refractivity contribution >= 4 is 17.7 Å². The van der Waals surface area contributed by atoms with Crippen LogP contribution in [0.25, 0.3) is 0 Å². The van der Waals surface area contributed by atoms with Crippen molar-refractivity contribution in [1.82, 2.24) is 9.55 Å². The Labute approximate surface area is 118 Å². The number of aryl methyl sites for hydroxylation is 1. The number of thioether (sulfide) groups is 1. The third-order valence-electron chi connectivity index (χ3n) is 3.58. The van der Waals surface area contributed by atoms with Gasteiger partial charge in [-0.05, 0) is 13.3 Å². The first-order valence-corrected chi connectivity index (χ1v) is 7.85. The van der Waals surface area contributed by atoms with E-state index in [0.717, 1.165) is 23.8 Å². The van der Waals surface area contributed by atoms with Gasteiger partial charge in [-0.1, -0.05) is 13.3 Å². The summed E-state index contributed by atoms with van der Waals surface area (Å²) in [7, 11) is 0. The molecular formula is C13H20N3O2S. The molecule has 19 heavy (non-hydrogen) atoms. The average molecular weight is 282 g/mol. The molecule has 1 aromatic rings. The van der Waals surface area contributed by atoms with E-state index in [1.165, 1.54) is 0 Å². The topological polar surface area (TPSA) is 57.9 Å². The smallest absolute Gasteiger partial charge is 0.336 e. The molecule has 2 rings (SSSR count). The molecule has 1 aliphatic heterocycles. The van der Waals surface area contributed by atoms with Crippen LogP contribution in [0, 0.1) is 18.3 Å². The van der Waals surface area contributed by atoms with Gasteiger partial charge < -0.3 is 9.77 Å². The number of aromatic nitrogens is 2. The highest BCUT2D eigenvalue weighted by molar-refractivity contribution is 7.99. The van der Waals surface area contributed by atoms with Crippen LogP contribution in [0.4, 0.5) is 0 Å². The maximum atomic E-state index is 12.7. The van der Waals surface area contributed by atoms with Crippen LogP contribution >= 0.6 is 11.8 Å². The van der Waals surface area contributed by atoms with Crippen LogP contribution in [0.1, 0.15) is 31.6 Å². The van der Waals surface area contributed by atoms with Gasteiger partial charge in [0.25, 0.3) is 0 Å². The first kappa shape index (κ1) is 14.6. The molecule has 1 aliphatic rings. The molecule has 0 saturated carbocycles. The van der Waals surface area contributed by atoms with Crippen molar-refractivity contribution in [2.75, 3.05) is 24.6 Å². The van der Waals surface area contributed by atoms with E-state index in [0.29, 0.717) is 19.5 Å². The van der Waals surface area contributed by atoms with E-state index in [-0.39, 0.29) is 5.91 Å². The van der Waals surface area contributed by atoms with Crippen molar-refractivity contribution in [3.63, 3.8) is 0 Å². The monoisotopic (exact) mass is 282 g/mol. The second-order valence-electron chi connectivity index (χ2n) is 4.92. The van der Waals surface area contributed by atoms with Crippen LogP contribution in [-0.4, -0.2) is 44.7 Å². The van der Waals surface area contributed by atoms with E-state index in [9.17, 15) is 10.0 Å². The van der Waals surface area contributed by atoms with Crippen LogP contribution < -0.4 is 0 Å². The first-order valence-electron chi connectivity index (χ1n) is 6.70. The third kappa shape index (κ3) is 3.01. The predicted octanol–water partition coefficient (Wildman–Crippen LogP) is 1.92. The Hall–Kier alpha value is -0.850. The first-order chi connectivity index (χ1) is 9.08. The molecule has 1 saturated heterocycles. The van der Waals surface area contributed by atoms with Crippen molar-refractivity contribution < 1.29 is 9.44 Å². The van der Waals surface area contributed by atoms with Gasteiger partial charge in [-0.25, -0.2) is 9.78 Å². The summed E-state index contributed by atoms with van der Waals surface area (Å²) >= 11 is 1.75. The lowest BCUT2D eigenvalue weighted by Crippen LogP contribution is -2.55. The molecule has 2 heterocycles. The number of hydrogen-bond donors (Lipinski definition) is 0. The lowest BCUT2D eigenvalue weighted by Gasteiger charge is -2.44. The Balaban J connectivity index is 2.24. The molecule has 0 spiro atoms. The molecule has 1 amide bonds. The molecule has 6 heteroatoms. The van der Waals surface area contributed by atoms with E-state index in [2.05, 4.69) is 11.2 Å². The number of imidazole rings is 1. The van der Waals surface area contributed by atoms with Crippen LogP contribution in [-0.2, 0) is 4.79 Å². The third-order valence-corrected chi connectivity index (χ3v) is 4.52. The summed E-state index contributed by atoms with van der Waals surface area (Å²) in [5.41, 5.74) is 0. The summed E-state index contributed by atoms with van der Waals surface area (Å²) in [6.45, 7) is 4.65. The van der Waals surface area contributed by atoms with E-state index in [1.54, 1.807) is 22.5 Å². The van der Waals surface area contributed by atoms with Crippen molar-refractivity contribution in [3.8, 4) is 0 Å². The van der Waals surface area contributed by atoms with E-state index >= 15 is 0 Å². The normalized spacial score (nSPS) is 20.2. The Bertz CT molecular complexity index is 441. The van der Waals surface area contributed by atoms with Crippen LogP contribution in [0.5, 0.6) is 0 Å². The number of carbonyl (C=O) groups excluding carboxylic acids is 1. The lowest BCUT2D eigenvalue weighted by molar-refractivity contribution is -0.801. The minimum absolute atomic E-state index is 0.225. The fourth-order valence-electron chi connectivity index (χ4n) is 2.44. The van der Waals surface area contributed by atoms with Gasteiger partial charge in [-0.3, -0.25) is 4.65 Å². The van der Waals surface area contributed by atoms with E-state index in [4.69, 9.17) is 0 Å². The summed E-state index contributed by atoms with van der Waals surface area (Å²) in [4.78, 5) is 16.7. The fourth-order valence-corrected chi connectivity index (χ4v) is 3.49. The summed E-state index contributed by atoms with van der Waals surface area (Å²) in [6.07, 6.45) is 5.98. The largest absolute Gasteiger partial charge is 0.625 e. The zero-order valence-electron chi connectivity index (χ0n) is 11.5. The molecule has 5 nitrogen and oxygen atoms in total. The zero-order valence-corrected chi connectivity index (χ0v) is 12.3. The molecule has 0 aliphatic carbocycles. The van der Waals surface area contributed by atoms with Gasteiger partial charge >= 0.3 is 5.91 Å². The summed E-state index contributed by atoms with van der Waals surface area (Å²) in [5, 5.41) is 12.7. The second-order valence-corrected chi connectivity index (χ2v) is 6.14. The van der Waals surface area contributed by atoms with Crippen molar-refractivity contribution in [2.45, 2.75) is 32.7 Å². The summed E-state index contributed by atoms with van der Waals surface area (Å²) in [6, 6.07) is -0.399. The number of rotatable bonds is 4. The van der Waals surface area contributed by atoms with Gasteiger partial charge in [0.2, 0.25) is 0 Å². The van der Waals surface area contributed by atoms with Gasteiger partial charge in [0, 0.05) is 17.7 Å². The molecule has 0 aromatic carbocycles. The molecular weight excluding hydrogens is 262 g/mol. The van der Waals surface area contributed by atoms with Gasteiger partial charge in [-0.15, -0.1) is 0 Å². The molecule has 1 radical (unpaired) electrons. The Morgan fingerprint density at radius 3 is 2.84 bits per heavy atom. The Morgan fingerprint density at radius 1 is 1.63 bits per heavy atom. The van der Waals surface area contributed by atoms with Gasteiger partial charge in [0.05, 0.1) is 13.1 Å². The summed E-state index contributed by atoms with van der Waals surface area (Å²) in [5.74, 6) is 2.05. The fraction of sp³-hybridized carbons (Fsp3) is 0.692. The molecule has 1 fully saturated rings. The van der Waals surface area contributed by atoms with Gasteiger partial charge in [0.15, 0.2) is 0 Å². The average Bonchev–Trinajstić information content (AvgIpc) is 2.82. The molecule has 1 aromatic heterocycles. The van der Waals surface area contributed by atoms with Crippen LogP contribution in [0.2, 0.25) is 0 Å². The number of nitrogens with zero attached hydrogens (tertiary/aromatic N) is 3. The van der Waals surface area contributed by atoms with Gasteiger partial charge in [0.1, 0.15) is 18.1 Å². The number of hydrogen-bond acceptors (Lipinski definition) is 4. The predicted molar refractivity (Wildman–Crippen MR) is 75.4 cm³/mol. The molecule has 1 unspecified atom stereocenters. The highest BCUT2D eigenvalue weighted by Crippen LogP contribution is 2.26. The Morgan fingerprint density at radius 2 is 2.32 bits per heavy atom. The van der Waals surface area contributed by atoms with Crippen LogP contribution in [0.15, 0.2) is 6.20 Å². The second kappa shape index (κ2) is 6.07. The van der Waals surface area contributed by atoms with Gasteiger partial charge in [-0.2, -0.15) is 11.8 Å². The zero-order chi connectivity index (χ0) is 13.9. The van der Waals surface area contributed by atoms with E-state index < -0.39 is 10.7 Å². The minimum Gasteiger partial charge on any atom is -0.625 e. The highest BCUT2D eigenvalue weighted by atomic mass is 32.2. The minimum atomic E-state index is -0.685. The Kier molecular flexibility index (Phi) is 4.65. The number of amides is 1. The number of carbonyl (C=O) groups is 1. The number of quaternary nitrogens is 1. The molecule has 1 atom stereocenters. The molecule has 105 valence electrons. The molecule has 0 N–H and O–H groups in total. The van der Waals surface area contributed by atoms with Crippen molar-refractivity contribution in [1.29, 1.82) is 0 Å². The highest BCUT2D eigenvalue weighted by Gasteiger charge is 2.36. The standard InChI is InChI=1S/C13H20N3O2S/c1-3-4-12(15-6-5-14-11(15)2)13(17)16(18)7-9-19-10-8-16/h6,12H,3-4,7-10H2,1-2H3. The summed E-state index contributed by atoms with van der Waals surface area (Å²) < 4.78 is 1.11. The molecule has 0 bridgehead atoms. The quantitative estimate of drug-likeness (QED) is 0.625. The van der Waals surface area contributed by atoms with E-state index in [1.807, 2.05) is 13.8 Å². The van der Waals surface area contributed by atoms with Crippen molar-refractivity contribution in [2.24, 2.45) is 0 Å². The van der Waals surface area contributed by atoms with Crippen molar-refractivity contribution in [3.05, 3.63) is 23.4 Å². The lowest BCUT2D eigenvalue weighted by atomic mass is 10.1. The van der Waals surface area contributed by atoms with Crippen LogP contribution in [0.3, 0.4) is 0 Å². The maximum absolute atomic E-state index is 12.7. The maximum Gasteiger partial charge on any atom is 0.336 e.